The molecule has 43 heavy (non-hydrogen) atoms. The molecule has 2 aliphatic carbocycles. The fourth-order valence-electron chi connectivity index (χ4n) is 9.18. The van der Waals surface area contributed by atoms with E-state index in [2.05, 4.69) is 74.5 Å². The van der Waals surface area contributed by atoms with E-state index >= 15 is 0 Å². The van der Waals surface area contributed by atoms with Crippen LogP contribution in [0.5, 0.6) is 0 Å². The number of ether oxygens (including phenoxy) is 1. The molecule has 0 radical (unpaired) electrons. The molecule has 0 saturated carbocycles. The van der Waals surface area contributed by atoms with Crippen LogP contribution < -0.4 is 0 Å². The summed E-state index contributed by atoms with van der Waals surface area (Å²) in [7, 11) is 1.89. The molecule has 4 heteroatoms. The number of carboxylic acid groups (broad SMARTS) is 1. The van der Waals surface area contributed by atoms with E-state index in [1.54, 1.807) is 17.2 Å². The van der Waals surface area contributed by atoms with Gasteiger partial charge >= 0.3 is 5.97 Å². The number of benzene rings is 1. The predicted octanol–water partition coefficient (Wildman–Crippen LogP) is 11.0. The quantitative estimate of drug-likeness (QED) is 0.233. The minimum absolute atomic E-state index is 0.0579. The molecule has 1 N–H and O–H groups in total. The summed E-state index contributed by atoms with van der Waals surface area (Å²) in [5.74, 6) is 0.0532. The van der Waals surface area contributed by atoms with Crippen molar-refractivity contribution in [3.8, 4) is 0 Å². The van der Waals surface area contributed by atoms with Crippen molar-refractivity contribution < 1.29 is 19.0 Å². The average Bonchev–Trinajstić information content (AvgIpc) is 2.95. The zero-order chi connectivity index (χ0) is 32.2. The van der Waals surface area contributed by atoms with Crippen LogP contribution in [0, 0.1) is 34.4 Å². The first-order valence-corrected chi connectivity index (χ1v) is 16.9. The third-order valence-corrected chi connectivity index (χ3v) is 12.1. The topological polar surface area (TPSA) is 46.5 Å². The molecule has 0 aliphatic heterocycles. The van der Waals surface area contributed by atoms with Crippen LogP contribution in [0.25, 0.3) is 5.57 Å². The molecular weight excluding hydrogens is 535 g/mol. The second-order valence-corrected chi connectivity index (χ2v) is 14.1. The molecule has 3 rings (SSSR count). The highest BCUT2D eigenvalue weighted by Crippen LogP contribution is 2.62. The standard InChI is InChI=1S/C39H59FO3/c1-11-16-39(14-4,43-10)29(8)21-35-26(5)18-33(19-27(35)6)38(12-2,13-3)37(9)17-15-31(20-28(37)7)32-22-30(24-36(41)42)23-34(40)25-32/h15,18,22-23,25,27-29H,11-14,16-17,19-21,24H2,1-10H3,(H,41,42). The van der Waals surface area contributed by atoms with E-state index in [1.165, 1.54) is 11.6 Å². The summed E-state index contributed by atoms with van der Waals surface area (Å²) in [5, 5.41) is 9.26. The number of halogens is 1. The Morgan fingerprint density at radius 1 is 1.12 bits per heavy atom. The van der Waals surface area contributed by atoms with E-state index in [-0.39, 0.29) is 28.7 Å². The molecule has 2 aliphatic rings. The number of carboxylic acids is 1. The molecule has 240 valence electrons. The number of aliphatic carboxylic acids is 1. The number of rotatable bonds is 14. The Balaban J connectivity index is 1.98. The Bertz CT molecular complexity index is 1230. The van der Waals surface area contributed by atoms with Gasteiger partial charge < -0.3 is 9.84 Å². The van der Waals surface area contributed by atoms with E-state index in [0.29, 0.717) is 23.3 Å². The number of hydrogen-bond donors (Lipinski definition) is 1. The van der Waals surface area contributed by atoms with E-state index in [1.807, 2.05) is 13.2 Å². The molecule has 0 fully saturated rings. The summed E-state index contributed by atoms with van der Waals surface area (Å²) < 4.78 is 20.7. The van der Waals surface area contributed by atoms with Gasteiger partial charge in [-0.2, -0.15) is 0 Å². The summed E-state index contributed by atoms with van der Waals surface area (Å²) in [5.41, 5.74) is 7.19. The summed E-state index contributed by atoms with van der Waals surface area (Å²) in [6.07, 6.45) is 14.1. The first kappa shape index (κ1) is 35.3. The molecule has 5 atom stereocenters. The Morgan fingerprint density at radius 3 is 2.30 bits per heavy atom. The minimum atomic E-state index is -0.938. The molecule has 5 unspecified atom stereocenters. The maximum Gasteiger partial charge on any atom is 0.307 e. The van der Waals surface area contributed by atoms with Crippen LogP contribution in [0.2, 0.25) is 0 Å². The highest BCUT2D eigenvalue weighted by molar-refractivity contribution is 5.72. The average molecular weight is 595 g/mol. The van der Waals surface area contributed by atoms with Crippen molar-refractivity contribution in [2.45, 2.75) is 132 Å². The lowest BCUT2D eigenvalue weighted by molar-refractivity contribution is -0.136. The van der Waals surface area contributed by atoms with Gasteiger partial charge in [-0.15, -0.1) is 0 Å². The Kier molecular flexibility index (Phi) is 11.7. The molecule has 0 saturated heterocycles. The molecule has 0 amide bonds. The SMILES string of the molecule is CCCC(CC)(OC)C(C)CC1=C(C)C=C(C(CC)(CC)C2(C)CC=C(c3cc(F)cc(CC(=O)O)c3)CC2C)CC1C. The fraction of sp³-hybridized carbons (Fsp3) is 0.667. The van der Waals surface area contributed by atoms with Gasteiger partial charge in [0.15, 0.2) is 0 Å². The lowest BCUT2D eigenvalue weighted by Gasteiger charge is -2.56. The van der Waals surface area contributed by atoms with Crippen molar-refractivity contribution in [2.75, 3.05) is 7.11 Å². The largest absolute Gasteiger partial charge is 0.481 e. The van der Waals surface area contributed by atoms with Gasteiger partial charge in [-0.25, -0.2) is 4.39 Å². The fourth-order valence-corrected chi connectivity index (χ4v) is 9.18. The second kappa shape index (κ2) is 14.3. The van der Waals surface area contributed by atoms with Crippen molar-refractivity contribution in [1.29, 1.82) is 0 Å². The Hall–Kier alpha value is -2.20. The highest BCUT2D eigenvalue weighted by Gasteiger charge is 2.52. The van der Waals surface area contributed by atoms with Crippen LogP contribution in [0.15, 0.2) is 47.1 Å². The molecule has 1 aromatic carbocycles. The molecule has 0 aromatic heterocycles. The Morgan fingerprint density at radius 2 is 1.79 bits per heavy atom. The van der Waals surface area contributed by atoms with E-state index in [4.69, 9.17) is 4.74 Å². The molecule has 0 bridgehead atoms. The van der Waals surface area contributed by atoms with Gasteiger partial charge in [0.25, 0.3) is 0 Å². The monoisotopic (exact) mass is 594 g/mol. The van der Waals surface area contributed by atoms with Crippen LogP contribution in [-0.4, -0.2) is 23.8 Å². The third-order valence-electron chi connectivity index (χ3n) is 12.1. The van der Waals surface area contributed by atoms with Gasteiger partial charge in [-0.3, -0.25) is 4.79 Å². The zero-order valence-electron chi connectivity index (χ0n) is 28.8. The summed E-state index contributed by atoms with van der Waals surface area (Å²) >= 11 is 0. The van der Waals surface area contributed by atoms with Gasteiger partial charge in [-0.05, 0) is 116 Å². The summed E-state index contributed by atoms with van der Waals surface area (Å²) in [6, 6.07) is 4.78. The van der Waals surface area contributed by atoms with Crippen molar-refractivity contribution in [3.05, 3.63) is 64.0 Å². The highest BCUT2D eigenvalue weighted by atomic mass is 19.1. The van der Waals surface area contributed by atoms with Gasteiger partial charge in [0.05, 0.1) is 12.0 Å². The first-order chi connectivity index (χ1) is 20.3. The summed E-state index contributed by atoms with van der Waals surface area (Å²) in [6.45, 7) is 21.3. The zero-order valence-corrected chi connectivity index (χ0v) is 28.8. The minimum Gasteiger partial charge on any atom is -0.481 e. The maximum absolute atomic E-state index is 14.5. The molecule has 0 heterocycles. The van der Waals surface area contributed by atoms with Gasteiger partial charge in [0.2, 0.25) is 0 Å². The number of hydrogen-bond acceptors (Lipinski definition) is 2. The van der Waals surface area contributed by atoms with Crippen molar-refractivity contribution in [3.63, 3.8) is 0 Å². The van der Waals surface area contributed by atoms with Crippen LogP contribution >= 0.6 is 0 Å². The third kappa shape index (κ3) is 6.90. The molecular formula is C39H59FO3. The van der Waals surface area contributed by atoms with Crippen LogP contribution in [0.1, 0.15) is 131 Å². The van der Waals surface area contributed by atoms with E-state index < -0.39 is 5.97 Å². The maximum atomic E-state index is 14.5. The van der Waals surface area contributed by atoms with Crippen molar-refractivity contribution >= 4 is 11.5 Å². The molecule has 3 nitrogen and oxygen atoms in total. The smallest absolute Gasteiger partial charge is 0.307 e. The summed E-state index contributed by atoms with van der Waals surface area (Å²) in [4.78, 5) is 11.3. The van der Waals surface area contributed by atoms with Gasteiger partial charge in [-0.1, -0.05) is 96.7 Å². The lowest BCUT2D eigenvalue weighted by Crippen LogP contribution is -2.47. The Labute approximate surface area is 262 Å². The molecule has 1 aromatic rings. The van der Waals surface area contributed by atoms with Crippen molar-refractivity contribution in [2.24, 2.45) is 28.6 Å². The normalized spacial score (nSPS) is 25.2. The predicted molar refractivity (Wildman–Crippen MR) is 179 cm³/mol. The molecule has 0 spiro atoms. The first-order valence-electron chi connectivity index (χ1n) is 16.9. The second-order valence-electron chi connectivity index (χ2n) is 14.1. The van der Waals surface area contributed by atoms with Gasteiger partial charge in [0, 0.05) is 7.11 Å². The van der Waals surface area contributed by atoms with E-state index in [9.17, 15) is 14.3 Å². The van der Waals surface area contributed by atoms with Crippen LogP contribution in [0.3, 0.4) is 0 Å². The van der Waals surface area contributed by atoms with Crippen molar-refractivity contribution in [1.82, 2.24) is 0 Å². The van der Waals surface area contributed by atoms with Crippen LogP contribution in [-0.2, 0) is 16.0 Å². The van der Waals surface area contributed by atoms with Gasteiger partial charge in [0.1, 0.15) is 5.82 Å². The van der Waals surface area contributed by atoms with E-state index in [0.717, 1.165) is 68.9 Å². The van der Waals surface area contributed by atoms with Crippen LogP contribution in [0.4, 0.5) is 4.39 Å². The number of methoxy groups -OCH3 is 1. The lowest BCUT2D eigenvalue weighted by atomic mass is 9.48. The number of allylic oxidation sites excluding steroid dienone is 6. The number of carbonyl (C=O) groups is 1.